The molecule has 1 saturated heterocycles. The second-order valence-electron chi connectivity index (χ2n) is 8.88. The summed E-state index contributed by atoms with van der Waals surface area (Å²) < 4.78 is 5.27. The lowest BCUT2D eigenvalue weighted by Gasteiger charge is -2.35. The van der Waals surface area contributed by atoms with Crippen LogP contribution in [-0.2, 0) is 9.59 Å². The van der Waals surface area contributed by atoms with Gasteiger partial charge in [-0.2, -0.15) is 0 Å². The smallest absolute Gasteiger partial charge is 0.255 e. The van der Waals surface area contributed by atoms with Crippen LogP contribution in [0.5, 0.6) is 5.75 Å². The molecule has 0 radical (unpaired) electrons. The van der Waals surface area contributed by atoms with E-state index in [1.54, 1.807) is 43.5 Å². The van der Waals surface area contributed by atoms with Gasteiger partial charge in [0, 0.05) is 24.3 Å². The van der Waals surface area contributed by atoms with Crippen molar-refractivity contribution >= 4 is 29.1 Å². The van der Waals surface area contributed by atoms with Gasteiger partial charge >= 0.3 is 0 Å². The van der Waals surface area contributed by atoms with Gasteiger partial charge in [-0.3, -0.25) is 19.3 Å². The van der Waals surface area contributed by atoms with Crippen LogP contribution in [0.2, 0.25) is 0 Å². The van der Waals surface area contributed by atoms with Crippen LogP contribution in [-0.4, -0.2) is 55.4 Å². The Morgan fingerprint density at radius 1 is 1.09 bits per heavy atom. The third-order valence-electron chi connectivity index (χ3n) is 6.35. The molecule has 1 aliphatic rings. The number of ether oxygens (including phenoxy) is 1. The zero-order valence-electron chi connectivity index (χ0n) is 20.8. The Morgan fingerprint density at radius 2 is 1.83 bits per heavy atom. The van der Waals surface area contributed by atoms with E-state index in [1.165, 1.54) is 0 Å². The average molecular weight is 481 g/mol. The van der Waals surface area contributed by atoms with Crippen LogP contribution in [0.15, 0.2) is 48.5 Å². The number of methoxy groups -OCH3 is 1. The van der Waals surface area contributed by atoms with E-state index >= 15 is 0 Å². The summed E-state index contributed by atoms with van der Waals surface area (Å²) in [6, 6.07) is 13.6. The molecule has 2 atom stereocenters. The van der Waals surface area contributed by atoms with Gasteiger partial charge < -0.3 is 20.7 Å². The molecule has 1 fully saturated rings. The van der Waals surface area contributed by atoms with Gasteiger partial charge in [0.25, 0.3) is 5.91 Å². The third-order valence-corrected chi connectivity index (χ3v) is 6.35. The van der Waals surface area contributed by atoms with Gasteiger partial charge in [-0.15, -0.1) is 0 Å². The van der Waals surface area contributed by atoms with Gasteiger partial charge in [-0.1, -0.05) is 25.5 Å². The summed E-state index contributed by atoms with van der Waals surface area (Å²) in [7, 11) is 1.55. The molecule has 0 spiro atoms. The van der Waals surface area contributed by atoms with Crippen LogP contribution in [0.25, 0.3) is 0 Å². The van der Waals surface area contributed by atoms with Crippen LogP contribution in [0.4, 0.5) is 11.4 Å². The van der Waals surface area contributed by atoms with Crippen molar-refractivity contribution in [2.24, 2.45) is 5.92 Å². The van der Waals surface area contributed by atoms with Crippen LogP contribution in [0, 0.1) is 5.92 Å². The molecule has 1 aliphatic heterocycles. The summed E-state index contributed by atoms with van der Waals surface area (Å²) in [6.07, 6.45) is 3.75. The summed E-state index contributed by atoms with van der Waals surface area (Å²) in [5.74, 6) is 0.173. The van der Waals surface area contributed by atoms with Gasteiger partial charge in [0.1, 0.15) is 5.75 Å². The number of amides is 3. The van der Waals surface area contributed by atoms with Gasteiger partial charge in [-0.05, 0) is 69.1 Å². The van der Waals surface area contributed by atoms with Gasteiger partial charge in [-0.25, -0.2) is 0 Å². The molecule has 35 heavy (non-hydrogen) atoms. The minimum Gasteiger partial charge on any atom is -0.495 e. The van der Waals surface area contributed by atoms with Crippen LogP contribution in [0.3, 0.4) is 0 Å². The predicted octanol–water partition coefficient (Wildman–Crippen LogP) is 3.90. The fourth-order valence-corrected chi connectivity index (χ4v) is 4.16. The third kappa shape index (κ3) is 7.29. The molecule has 1 heterocycles. The van der Waals surface area contributed by atoms with E-state index < -0.39 is 0 Å². The van der Waals surface area contributed by atoms with E-state index in [2.05, 4.69) is 27.8 Å². The monoisotopic (exact) mass is 480 g/mol. The lowest BCUT2D eigenvalue weighted by molar-refractivity contribution is -0.129. The molecule has 0 bridgehead atoms. The Labute approximate surface area is 207 Å². The van der Waals surface area contributed by atoms with E-state index in [1.807, 2.05) is 19.1 Å². The summed E-state index contributed by atoms with van der Waals surface area (Å²) in [4.78, 5) is 40.0. The van der Waals surface area contributed by atoms with E-state index in [9.17, 15) is 14.4 Å². The molecule has 2 aromatic rings. The summed E-state index contributed by atoms with van der Waals surface area (Å²) in [5, 5.41) is 8.78. The average Bonchev–Trinajstić information content (AvgIpc) is 2.89. The van der Waals surface area contributed by atoms with Gasteiger partial charge in [0.2, 0.25) is 11.8 Å². The summed E-state index contributed by atoms with van der Waals surface area (Å²) in [5.41, 5.74) is 1.67. The minimum atomic E-state index is -0.366. The molecule has 2 aromatic carbocycles. The second kappa shape index (κ2) is 12.9. The van der Waals surface area contributed by atoms with Crippen LogP contribution < -0.4 is 20.7 Å². The second-order valence-corrected chi connectivity index (χ2v) is 8.88. The van der Waals surface area contributed by atoms with Crippen molar-refractivity contribution in [1.29, 1.82) is 0 Å². The number of benzene rings is 2. The maximum absolute atomic E-state index is 12.9. The first-order chi connectivity index (χ1) is 16.9. The number of nitrogens with zero attached hydrogens (tertiary/aromatic N) is 1. The minimum absolute atomic E-state index is 0.0812. The molecule has 2 unspecified atom stereocenters. The summed E-state index contributed by atoms with van der Waals surface area (Å²) in [6.45, 7) is 6.03. The molecule has 8 nitrogen and oxygen atoms in total. The highest BCUT2D eigenvalue weighted by Crippen LogP contribution is 2.24. The topological polar surface area (TPSA) is 99.8 Å². The number of carbonyl (C=O) groups excluding carboxylic acids is 3. The molecular formula is C27H36N4O4. The fraction of sp³-hybridized carbons (Fsp3) is 0.444. The van der Waals surface area contributed by atoms with Crippen molar-refractivity contribution in [3.8, 4) is 5.75 Å². The highest BCUT2D eigenvalue weighted by Gasteiger charge is 2.30. The van der Waals surface area contributed by atoms with Crippen molar-refractivity contribution in [3.05, 3.63) is 54.1 Å². The van der Waals surface area contributed by atoms with E-state index in [0.717, 1.165) is 32.2 Å². The van der Waals surface area contributed by atoms with Crippen molar-refractivity contribution in [2.75, 3.05) is 37.4 Å². The summed E-state index contributed by atoms with van der Waals surface area (Å²) >= 11 is 0. The Bertz CT molecular complexity index is 1010. The van der Waals surface area contributed by atoms with Gasteiger partial charge in [0.15, 0.2) is 0 Å². The number of nitrogens with one attached hydrogen (secondary N) is 3. The maximum Gasteiger partial charge on any atom is 0.255 e. The first-order valence-electron chi connectivity index (χ1n) is 12.3. The van der Waals surface area contributed by atoms with Crippen molar-refractivity contribution in [3.63, 3.8) is 0 Å². The number of hydrogen-bond acceptors (Lipinski definition) is 5. The molecule has 0 aliphatic carbocycles. The van der Waals surface area contributed by atoms with E-state index in [4.69, 9.17) is 4.74 Å². The molecular weight excluding hydrogens is 444 g/mol. The number of piperidine rings is 1. The standard InChI is InChI=1S/C27H36N4O4/c1-4-5-16-28-26(33)21-9-8-17-31(18-21)19(2)25(32)29-22-14-12-20(13-15-22)27(34)30-23-10-6-7-11-24(23)35-3/h6-7,10-15,19,21H,4-5,8-9,16-18H2,1-3H3,(H,28,33)(H,29,32)(H,30,34). The number of anilines is 2. The predicted molar refractivity (Wildman–Crippen MR) is 138 cm³/mol. The first kappa shape index (κ1) is 26.2. The van der Waals surface area contributed by atoms with Crippen LogP contribution >= 0.6 is 0 Å². The number of para-hydroxylation sites is 2. The number of carbonyl (C=O) groups is 3. The quantitative estimate of drug-likeness (QED) is 0.448. The van der Waals surface area contributed by atoms with Gasteiger partial charge in [0.05, 0.1) is 24.8 Å². The van der Waals surface area contributed by atoms with Crippen LogP contribution in [0.1, 0.15) is 49.9 Å². The van der Waals surface area contributed by atoms with E-state index in [-0.39, 0.29) is 29.7 Å². The highest BCUT2D eigenvalue weighted by atomic mass is 16.5. The van der Waals surface area contributed by atoms with Crippen molar-refractivity contribution < 1.29 is 19.1 Å². The fourth-order valence-electron chi connectivity index (χ4n) is 4.16. The molecule has 3 N–H and O–H groups in total. The maximum atomic E-state index is 12.9. The lowest BCUT2D eigenvalue weighted by Crippen LogP contribution is -2.50. The Kier molecular flexibility index (Phi) is 9.66. The SMILES string of the molecule is CCCCNC(=O)C1CCCN(C(C)C(=O)Nc2ccc(C(=O)Nc3ccccc3OC)cc2)C1. The zero-order chi connectivity index (χ0) is 25.2. The normalized spacial score (nSPS) is 16.7. The zero-order valence-corrected chi connectivity index (χ0v) is 20.8. The van der Waals surface area contributed by atoms with Crippen molar-refractivity contribution in [1.82, 2.24) is 10.2 Å². The first-order valence-corrected chi connectivity index (χ1v) is 12.3. The Hall–Kier alpha value is -3.39. The van der Waals surface area contributed by atoms with E-state index in [0.29, 0.717) is 35.8 Å². The molecule has 3 rings (SSSR count). The largest absolute Gasteiger partial charge is 0.495 e. The highest BCUT2D eigenvalue weighted by molar-refractivity contribution is 6.05. The Morgan fingerprint density at radius 3 is 2.54 bits per heavy atom. The lowest BCUT2D eigenvalue weighted by atomic mass is 9.95. The molecule has 8 heteroatoms. The molecule has 0 saturated carbocycles. The number of unbranched alkanes of at least 4 members (excludes halogenated alkanes) is 1. The number of rotatable bonds is 10. The molecule has 3 amide bonds. The molecule has 188 valence electrons. The van der Waals surface area contributed by atoms with Crippen molar-refractivity contribution in [2.45, 2.75) is 45.6 Å². The molecule has 0 aromatic heterocycles. The number of hydrogen-bond donors (Lipinski definition) is 3. The Balaban J connectivity index is 1.53. The number of likely N-dealkylation sites (tertiary alicyclic amines) is 1.